The molecule has 0 fully saturated rings. The number of rotatable bonds is 5. The first-order chi connectivity index (χ1) is 14.9. The summed E-state index contributed by atoms with van der Waals surface area (Å²) in [5.74, 6) is -2.35. The van der Waals surface area contributed by atoms with Crippen molar-refractivity contribution >= 4 is 16.2 Å². The summed E-state index contributed by atoms with van der Waals surface area (Å²) >= 11 is 0. The summed E-state index contributed by atoms with van der Waals surface area (Å²) in [4.78, 5) is 13.0. The van der Waals surface area contributed by atoms with Crippen LogP contribution >= 0.6 is 0 Å². The molecule has 0 spiro atoms. The molecule has 0 amide bonds. The number of primary sulfonamides is 1. The maximum atomic E-state index is 13.4. The monoisotopic (exact) mass is 467 g/mol. The van der Waals surface area contributed by atoms with Crippen LogP contribution in [0.5, 0.6) is 0 Å². The summed E-state index contributed by atoms with van der Waals surface area (Å²) < 4.78 is 75.5. The fourth-order valence-corrected chi connectivity index (χ4v) is 3.35. The lowest BCUT2D eigenvalue weighted by atomic mass is 9.97. The average Bonchev–Trinajstić information content (AvgIpc) is 2.72. The van der Waals surface area contributed by atoms with Crippen LogP contribution in [0.3, 0.4) is 0 Å². The van der Waals surface area contributed by atoms with E-state index in [0.29, 0.717) is 11.1 Å². The normalized spacial score (nSPS) is 13.4. The second-order valence-electron chi connectivity index (χ2n) is 6.93. The molecule has 32 heavy (non-hydrogen) atoms. The van der Waals surface area contributed by atoms with Gasteiger partial charge in [-0.2, -0.15) is 18.3 Å². The van der Waals surface area contributed by atoms with E-state index in [2.05, 4.69) is 5.10 Å². The van der Waals surface area contributed by atoms with E-state index in [4.69, 9.17) is 5.14 Å². The molecular formula is C21H17F4N3O3S. The molecule has 1 unspecified atom stereocenters. The standard InChI is InChI=1S/C21H17F4N3O3S/c1-13(21(23,24)25)10-11-28-20(29)19(15-2-6-16(22)7-3-15)18(12-27-28)14-4-8-17(9-5-14)32(26,30)31/h2-13H,1H3,(H2,26,30,31)/b11-10+. The lowest BCUT2D eigenvalue weighted by Crippen LogP contribution is -2.22. The molecule has 3 rings (SSSR count). The van der Waals surface area contributed by atoms with Gasteiger partial charge in [0.1, 0.15) is 5.82 Å². The Morgan fingerprint density at radius 2 is 1.59 bits per heavy atom. The van der Waals surface area contributed by atoms with Gasteiger partial charge >= 0.3 is 6.18 Å². The van der Waals surface area contributed by atoms with E-state index in [1.165, 1.54) is 42.6 Å². The van der Waals surface area contributed by atoms with Gasteiger partial charge in [-0.25, -0.2) is 22.6 Å². The van der Waals surface area contributed by atoms with E-state index in [0.717, 1.165) is 36.0 Å². The summed E-state index contributed by atoms with van der Waals surface area (Å²) in [7, 11) is -3.94. The number of allylic oxidation sites excluding steroid dienone is 1. The Kier molecular flexibility index (Phi) is 6.33. The first-order valence-electron chi connectivity index (χ1n) is 9.14. The Balaban J connectivity index is 2.18. The SMILES string of the molecule is CC(/C=C/n1ncc(-c2ccc(S(N)(=O)=O)cc2)c(-c2ccc(F)cc2)c1=O)C(F)(F)F. The van der Waals surface area contributed by atoms with E-state index < -0.39 is 33.5 Å². The minimum atomic E-state index is -4.48. The number of halogens is 4. The van der Waals surface area contributed by atoms with Crippen molar-refractivity contribution in [1.29, 1.82) is 0 Å². The van der Waals surface area contributed by atoms with Crippen molar-refractivity contribution < 1.29 is 26.0 Å². The highest BCUT2D eigenvalue weighted by atomic mass is 32.2. The quantitative estimate of drug-likeness (QED) is 0.573. The summed E-state index contributed by atoms with van der Waals surface area (Å²) in [5, 5.41) is 9.01. The molecule has 0 saturated carbocycles. The van der Waals surface area contributed by atoms with Crippen molar-refractivity contribution in [3.8, 4) is 22.3 Å². The Hall–Kier alpha value is -3.31. The van der Waals surface area contributed by atoms with Crippen LogP contribution < -0.4 is 10.7 Å². The zero-order chi connectivity index (χ0) is 23.7. The fraction of sp³-hybridized carbons (Fsp3) is 0.143. The molecule has 0 bridgehead atoms. The molecule has 0 radical (unpaired) electrons. The van der Waals surface area contributed by atoms with Crippen LogP contribution in [0.25, 0.3) is 28.5 Å². The number of alkyl halides is 3. The lowest BCUT2D eigenvalue weighted by molar-refractivity contribution is -0.156. The predicted octanol–water partition coefficient (Wildman–Crippen LogP) is 4.03. The summed E-state index contributed by atoms with van der Waals surface area (Å²) in [6, 6.07) is 10.3. The number of sulfonamides is 1. The molecule has 1 heterocycles. The zero-order valence-corrected chi connectivity index (χ0v) is 17.4. The second-order valence-corrected chi connectivity index (χ2v) is 8.49. The third-order valence-corrected chi connectivity index (χ3v) is 5.59. The molecule has 3 aromatic rings. The van der Waals surface area contributed by atoms with Crippen molar-refractivity contribution in [1.82, 2.24) is 9.78 Å². The third-order valence-electron chi connectivity index (χ3n) is 4.66. The molecule has 6 nitrogen and oxygen atoms in total. The molecule has 0 aliphatic heterocycles. The van der Waals surface area contributed by atoms with Crippen molar-refractivity contribution in [2.24, 2.45) is 11.1 Å². The molecule has 2 aromatic carbocycles. The summed E-state index contributed by atoms with van der Waals surface area (Å²) in [6.45, 7) is 0.934. The summed E-state index contributed by atoms with van der Waals surface area (Å²) in [6.07, 6.45) is -1.51. The minimum Gasteiger partial charge on any atom is -0.267 e. The van der Waals surface area contributed by atoms with Crippen LogP contribution in [-0.2, 0) is 10.0 Å². The molecule has 0 aliphatic carbocycles. The molecule has 0 saturated heterocycles. The Morgan fingerprint density at radius 1 is 1.03 bits per heavy atom. The van der Waals surface area contributed by atoms with E-state index in [1.807, 2.05) is 0 Å². The van der Waals surface area contributed by atoms with Crippen LogP contribution in [0.15, 0.2) is 70.5 Å². The van der Waals surface area contributed by atoms with E-state index in [1.54, 1.807) is 0 Å². The van der Waals surface area contributed by atoms with Crippen LogP contribution in [-0.4, -0.2) is 24.4 Å². The number of aromatic nitrogens is 2. The highest BCUT2D eigenvalue weighted by molar-refractivity contribution is 7.89. The van der Waals surface area contributed by atoms with Crippen LogP contribution in [0.1, 0.15) is 6.92 Å². The highest BCUT2D eigenvalue weighted by Crippen LogP contribution is 2.30. The topological polar surface area (TPSA) is 95.1 Å². The molecule has 1 atom stereocenters. The lowest BCUT2D eigenvalue weighted by Gasteiger charge is -2.13. The molecular weight excluding hydrogens is 450 g/mol. The molecule has 1 aromatic heterocycles. The molecule has 168 valence electrons. The van der Waals surface area contributed by atoms with Crippen molar-refractivity contribution in [2.45, 2.75) is 18.0 Å². The zero-order valence-electron chi connectivity index (χ0n) is 16.5. The number of hydrogen-bond donors (Lipinski definition) is 1. The van der Waals surface area contributed by atoms with Crippen LogP contribution in [0.4, 0.5) is 17.6 Å². The maximum absolute atomic E-state index is 13.4. The van der Waals surface area contributed by atoms with Gasteiger partial charge in [-0.3, -0.25) is 4.79 Å². The van der Waals surface area contributed by atoms with Crippen molar-refractivity contribution in [3.63, 3.8) is 0 Å². The van der Waals surface area contributed by atoms with Gasteiger partial charge < -0.3 is 0 Å². The average molecular weight is 467 g/mol. The first-order valence-corrected chi connectivity index (χ1v) is 10.7. The number of nitrogens with zero attached hydrogens (tertiary/aromatic N) is 2. The minimum absolute atomic E-state index is 0.0488. The highest BCUT2D eigenvalue weighted by Gasteiger charge is 2.34. The van der Waals surface area contributed by atoms with Gasteiger partial charge in [0.25, 0.3) is 5.56 Å². The van der Waals surface area contributed by atoms with Crippen molar-refractivity contribution in [3.05, 3.63) is 77.0 Å². The Labute approximate surface area is 180 Å². The largest absolute Gasteiger partial charge is 0.394 e. The van der Waals surface area contributed by atoms with Gasteiger partial charge in [-0.05, 0) is 35.4 Å². The van der Waals surface area contributed by atoms with Crippen molar-refractivity contribution in [2.75, 3.05) is 0 Å². The molecule has 2 N–H and O–H groups in total. The van der Waals surface area contributed by atoms with Gasteiger partial charge in [0.15, 0.2) is 0 Å². The first kappa shape index (κ1) is 23.4. The number of benzene rings is 2. The van der Waals surface area contributed by atoms with Crippen LogP contribution in [0, 0.1) is 11.7 Å². The van der Waals surface area contributed by atoms with Gasteiger partial charge in [0.05, 0.1) is 22.6 Å². The maximum Gasteiger partial charge on any atom is 0.394 e. The molecule has 0 aliphatic rings. The third kappa shape index (κ3) is 5.11. The fourth-order valence-electron chi connectivity index (χ4n) is 2.83. The number of nitrogens with two attached hydrogens (primary N) is 1. The van der Waals surface area contributed by atoms with E-state index in [9.17, 15) is 30.8 Å². The predicted molar refractivity (Wildman–Crippen MR) is 111 cm³/mol. The van der Waals surface area contributed by atoms with Gasteiger partial charge in [-0.15, -0.1) is 0 Å². The second kappa shape index (κ2) is 8.67. The number of hydrogen-bond acceptors (Lipinski definition) is 4. The van der Waals surface area contributed by atoms with Gasteiger partial charge in [0, 0.05) is 11.8 Å². The molecule has 11 heteroatoms. The van der Waals surface area contributed by atoms with Crippen LogP contribution in [0.2, 0.25) is 0 Å². The Morgan fingerprint density at radius 3 is 2.12 bits per heavy atom. The van der Waals surface area contributed by atoms with E-state index >= 15 is 0 Å². The smallest absolute Gasteiger partial charge is 0.267 e. The van der Waals surface area contributed by atoms with Gasteiger partial charge in [-0.1, -0.05) is 37.3 Å². The van der Waals surface area contributed by atoms with E-state index in [-0.39, 0.29) is 16.0 Å². The summed E-state index contributed by atoms with van der Waals surface area (Å²) in [5.41, 5.74) is 0.287. The van der Waals surface area contributed by atoms with Gasteiger partial charge in [0.2, 0.25) is 10.0 Å². The Bertz CT molecular complexity index is 1310.